The lowest BCUT2D eigenvalue weighted by Crippen LogP contribution is -2.33. The van der Waals surface area contributed by atoms with Crippen LogP contribution in [0.4, 0.5) is 10.5 Å². The van der Waals surface area contributed by atoms with Crippen LogP contribution >= 0.6 is 0 Å². The predicted molar refractivity (Wildman–Crippen MR) is 103 cm³/mol. The van der Waals surface area contributed by atoms with Crippen molar-refractivity contribution in [1.82, 2.24) is 15.0 Å². The fraction of sp³-hybridized carbons (Fsp3) is 0.500. The topological polar surface area (TPSA) is 97.6 Å². The van der Waals surface area contributed by atoms with E-state index in [-0.39, 0.29) is 6.03 Å². The Hall–Kier alpha value is -2.90. The summed E-state index contributed by atoms with van der Waals surface area (Å²) in [5, 5.41) is 6.84. The second-order valence-electron chi connectivity index (χ2n) is 7.05. The Morgan fingerprint density at radius 2 is 1.93 bits per heavy atom. The van der Waals surface area contributed by atoms with E-state index in [9.17, 15) is 9.59 Å². The van der Waals surface area contributed by atoms with Gasteiger partial charge in [-0.1, -0.05) is 24.4 Å². The second-order valence-corrected chi connectivity index (χ2v) is 7.05. The zero-order chi connectivity index (χ0) is 19.9. The lowest BCUT2D eigenvalue weighted by atomic mass is 9.89. The van der Waals surface area contributed by atoms with E-state index >= 15 is 0 Å². The highest BCUT2D eigenvalue weighted by Gasteiger charge is 2.21. The fourth-order valence-corrected chi connectivity index (χ4v) is 3.28. The van der Waals surface area contributed by atoms with E-state index < -0.39 is 5.97 Å². The molecule has 0 spiro atoms. The number of hydrogen-bond donors (Lipinski definition) is 1. The number of anilines is 1. The number of carbonyl (C=O) groups is 2. The third-order valence-corrected chi connectivity index (χ3v) is 5.01. The molecule has 0 saturated heterocycles. The monoisotopic (exact) mass is 386 g/mol. The van der Waals surface area contributed by atoms with Crippen LogP contribution in [0.5, 0.6) is 0 Å². The molecule has 1 saturated carbocycles. The summed E-state index contributed by atoms with van der Waals surface area (Å²) in [4.78, 5) is 29.8. The molecule has 0 bridgehead atoms. The third-order valence-electron chi connectivity index (χ3n) is 5.01. The number of nitrogens with zero attached hydrogens (tertiary/aromatic N) is 3. The number of rotatable bonds is 6. The van der Waals surface area contributed by atoms with Crippen LogP contribution in [0.15, 0.2) is 28.8 Å². The van der Waals surface area contributed by atoms with Crippen molar-refractivity contribution in [2.75, 3.05) is 26.0 Å². The minimum atomic E-state index is -0.414. The van der Waals surface area contributed by atoms with Crippen molar-refractivity contribution >= 4 is 17.7 Å². The maximum Gasteiger partial charge on any atom is 0.337 e. The van der Waals surface area contributed by atoms with Gasteiger partial charge in [-0.15, -0.1) is 0 Å². The molecule has 1 aliphatic carbocycles. The molecular formula is C20H26N4O4. The molecule has 0 radical (unpaired) electrons. The first-order chi connectivity index (χ1) is 13.6. The molecule has 2 aromatic rings. The summed E-state index contributed by atoms with van der Waals surface area (Å²) in [5.41, 5.74) is 1.03. The summed E-state index contributed by atoms with van der Waals surface area (Å²) in [6, 6.07) is 6.28. The molecule has 8 nitrogen and oxygen atoms in total. The highest BCUT2D eigenvalue weighted by molar-refractivity contribution is 5.92. The van der Waals surface area contributed by atoms with Crippen molar-refractivity contribution in [2.45, 2.75) is 44.4 Å². The van der Waals surface area contributed by atoms with Crippen LogP contribution in [0, 0.1) is 0 Å². The van der Waals surface area contributed by atoms with Gasteiger partial charge in [0.2, 0.25) is 5.89 Å². The maximum atomic E-state index is 12.3. The first kappa shape index (κ1) is 19.9. The van der Waals surface area contributed by atoms with Gasteiger partial charge in [-0.05, 0) is 37.1 Å². The van der Waals surface area contributed by atoms with Crippen molar-refractivity contribution < 1.29 is 18.8 Å². The van der Waals surface area contributed by atoms with Gasteiger partial charge in [0.05, 0.1) is 12.7 Å². The van der Waals surface area contributed by atoms with E-state index in [1.165, 1.54) is 26.4 Å². The number of nitrogens with one attached hydrogen (secondary N) is 1. The molecule has 150 valence electrons. The number of esters is 1. The molecule has 28 heavy (non-hydrogen) atoms. The normalized spacial score (nSPS) is 14.5. The lowest BCUT2D eigenvalue weighted by Gasteiger charge is -2.17. The Bertz CT molecular complexity index is 797. The number of likely N-dealkylation sites (N-methyl/N-ethyl adjacent to an activating group) is 1. The quantitative estimate of drug-likeness (QED) is 0.762. The first-order valence-electron chi connectivity index (χ1n) is 9.60. The molecule has 8 heteroatoms. The molecule has 3 rings (SSSR count). The molecule has 1 aromatic carbocycles. The molecule has 1 aliphatic rings. The van der Waals surface area contributed by atoms with Gasteiger partial charge in [-0.25, -0.2) is 9.59 Å². The number of benzene rings is 1. The molecule has 0 atom stereocenters. The van der Waals surface area contributed by atoms with E-state index in [0.29, 0.717) is 36.0 Å². The van der Waals surface area contributed by atoms with Gasteiger partial charge in [-0.3, -0.25) is 0 Å². The molecule has 1 fully saturated rings. The van der Waals surface area contributed by atoms with Crippen LogP contribution < -0.4 is 5.32 Å². The Kier molecular flexibility index (Phi) is 6.62. The number of ether oxygens (including phenoxy) is 1. The first-order valence-corrected chi connectivity index (χ1v) is 9.60. The van der Waals surface area contributed by atoms with E-state index in [1.807, 2.05) is 0 Å². The Morgan fingerprint density at radius 1 is 1.21 bits per heavy atom. The van der Waals surface area contributed by atoms with Gasteiger partial charge in [0.25, 0.3) is 0 Å². The number of amides is 2. The SMILES string of the molecule is COC(=O)c1ccc(NC(=O)N(C)CCc2noc(C3CCCCC3)n2)cc1. The van der Waals surface area contributed by atoms with Crippen LogP contribution in [0.3, 0.4) is 0 Å². The number of urea groups is 1. The largest absolute Gasteiger partial charge is 0.465 e. The smallest absolute Gasteiger partial charge is 0.337 e. The summed E-state index contributed by atoms with van der Waals surface area (Å²) in [7, 11) is 3.04. The van der Waals surface area contributed by atoms with E-state index in [2.05, 4.69) is 20.2 Å². The summed E-state index contributed by atoms with van der Waals surface area (Å²) in [5.74, 6) is 1.32. The fourth-order valence-electron chi connectivity index (χ4n) is 3.28. The van der Waals surface area contributed by atoms with Crippen LogP contribution in [-0.4, -0.2) is 47.7 Å². The Balaban J connectivity index is 1.48. The van der Waals surface area contributed by atoms with Crippen molar-refractivity contribution in [3.05, 3.63) is 41.5 Å². The van der Waals surface area contributed by atoms with E-state index in [0.717, 1.165) is 18.7 Å². The average molecular weight is 386 g/mol. The Labute approximate surface area is 164 Å². The van der Waals surface area contributed by atoms with Crippen LogP contribution in [0.1, 0.15) is 60.1 Å². The number of aromatic nitrogens is 2. The van der Waals surface area contributed by atoms with Crippen molar-refractivity contribution in [1.29, 1.82) is 0 Å². The van der Waals surface area contributed by atoms with Gasteiger partial charge in [0.15, 0.2) is 5.82 Å². The van der Waals surface area contributed by atoms with Crippen LogP contribution in [0.2, 0.25) is 0 Å². The summed E-state index contributed by atoms with van der Waals surface area (Å²) >= 11 is 0. The standard InChI is InChI=1S/C20H26N4O4/c1-24(20(26)21-16-10-8-15(9-11-16)19(25)27-2)13-12-17-22-18(28-23-17)14-6-4-3-5-7-14/h8-11,14H,3-7,12-13H2,1-2H3,(H,21,26). The molecule has 1 N–H and O–H groups in total. The molecule has 2 amide bonds. The summed E-state index contributed by atoms with van der Waals surface area (Å²) < 4.78 is 10.1. The minimum absolute atomic E-state index is 0.248. The average Bonchev–Trinajstić information content (AvgIpc) is 3.21. The van der Waals surface area contributed by atoms with Crippen LogP contribution in [-0.2, 0) is 11.2 Å². The van der Waals surface area contributed by atoms with Crippen molar-refractivity contribution in [3.63, 3.8) is 0 Å². The highest BCUT2D eigenvalue weighted by Crippen LogP contribution is 2.31. The molecule has 1 aromatic heterocycles. The lowest BCUT2D eigenvalue weighted by molar-refractivity contribution is 0.0600. The second kappa shape index (κ2) is 9.34. The van der Waals surface area contributed by atoms with E-state index in [1.54, 1.807) is 36.2 Å². The zero-order valence-electron chi connectivity index (χ0n) is 16.3. The predicted octanol–water partition coefficient (Wildman–Crippen LogP) is 3.61. The Morgan fingerprint density at radius 3 is 2.61 bits per heavy atom. The summed E-state index contributed by atoms with van der Waals surface area (Å²) in [6.07, 6.45) is 6.46. The number of methoxy groups -OCH3 is 1. The van der Waals surface area contributed by atoms with Gasteiger partial charge in [0, 0.05) is 31.6 Å². The maximum absolute atomic E-state index is 12.3. The summed E-state index contributed by atoms with van der Waals surface area (Å²) in [6.45, 7) is 0.468. The number of hydrogen-bond acceptors (Lipinski definition) is 6. The van der Waals surface area contributed by atoms with Crippen molar-refractivity contribution in [2.24, 2.45) is 0 Å². The molecule has 0 aliphatic heterocycles. The number of carbonyl (C=O) groups excluding carboxylic acids is 2. The zero-order valence-corrected chi connectivity index (χ0v) is 16.3. The molecule has 0 unspecified atom stereocenters. The van der Waals surface area contributed by atoms with Gasteiger partial charge < -0.3 is 19.5 Å². The minimum Gasteiger partial charge on any atom is -0.465 e. The van der Waals surface area contributed by atoms with Crippen LogP contribution in [0.25, 0.3) is 0 Å². The van der Waals surface area contributed by atoms with E-state index in [4.69, 9.17) is 4.52 Å². The highest BCUT2D eigenvalue weighted by atomic mass is 16.5. The van der Waals surface area contributed by atoms with Gasteiger partial charge in [-0.2, -0.15) is 4.98 Å². The third kappa shape index (κ3) is 5.09. The van der Waals surface area contributed by atoms with Gasteiger partial charge >= 0.3 is 12.0 Å². The molecule has 1 heterocycles. The molecular weight excluding hydrogens is 360 g/mol. The van der Waals surface area contributed by atoms with Crippen molar-refractivity contribution in [3.8, 4) is 0 Å². The van der Waals surface area contributed by atoms with Gasteiger partial charge in [0.1, 0.15) is 0 Å².